The lowest BCUT2D eigenvalue weighted by Crippen LogP contribution is -2.35. The van der Waals surface area contributed by atoms with Crippen LogP contribution in [0.2, 0.25) is 0 Å². The van der Waals surface area contributed by atoms with Crippen LogP contribution in [-0.2, 0) is 4.79 Å². The van der Waals surface area contributed by atoms with Gasteiger partial charge in [0, 0.05) is 11.8 Å². The molecule has 0 spiro atoms. The number of halogens is 2. The van der Waals surface area contributed by atoms with Gasteiger partial charge in [-0.2, -0.15) is 0 Å². The maximum Gasteiger partial charge on any atom is 0.241 e. The number of carbonyl (C=O) groups is 1. The van der Waals surface area contributed by atoms with Crippen LogP contribution < -0.4 is 15.8 Å². The van der Waals surface area contributed by atoms with E-state index in [2.05, 4.69) is 21.2 Å². The minimum absolute atomic E-state index is 0. The van der Waals surface area contributed by atoms with Crippen molar-refractivity contribution in [2.75, 3.05) is 12.4 Å². The molecule has 1 aromatic carbocycles. The van der Waals surface area contributed by atoms with Crippen LogP contribution in [-0.4, -0.2) is 19.1 Å². The number of methoxy groups -OCH3 is 1. The van der Waals surface area contributed by atoms with Gasteiger partial charge in [0.25, 0.3) is 0 Å². The summed E-state index contributed by atoms with van der Waals surface area (Å²) in [4.78, 5) is 11.7. The van der Waals surface area contributed by atoms with Gasteiger partial charge < -0.3 is 15.8 Å². The molecule has 0 bridgehead atoms. The fourth-order valence-electron chi connectivity index (χ4n) is 1.41. The van der Waals surface area contributed by atoms with Crippen molar-refractivity contribution in [3.8, 4) is 5.75 Å². The number of hydrogen-bond donors (Lipinski definition) is 2. The molecule has 1 aromatic rings. The molecule has 4 nitrogen and oxygen atoms in total. The standard InChI is InChI=1S/C12H17BrN2O2.ClH/c1-3-4-10(14)12(16)15-8-5-6-9(13)11(7-8)17-2;/h5-7,10H,3-4,14H2,1-2H3,(H,15,16);1H. The highest BCUT2D eigenvalue weighted by Gasteiger charge is 2.12. The first-order valence-corrected chi connectivity index (χ1v) is 6.27. The van der Waals surface area contributed by atoms with Gasteiger partial charge in [0.2, 0.25) is 5.91 Å². The number of ether oxygens (including phenoxy) is 1. The van der Waals surface area contributed by atoms with E-state index < -0.39 is 6.04 Å². The topological polar surface area (TPSA) is 64.4 Å². The average molecular weight is 338 g/mol. The molecule has 0 aliphatic carbocycles. The van der Waals surface area contributed by atoms with Gasteiger partial charge in [-0.05, 0) is 34.5 Å². The molecule has 0 heterocycles. The lowest BCUT2D eigenvalue weighted by Gasteiger charge is -2.12. The predicted molar refractivity (Wildman–Crippen MR) is 79.5 cm³/mol. The fraction of sp³-hybridized carbons (Fsp3) is 0.417. The Bertz CT molecular complexity index is 402. The number of rotatable bonds is 5. The minimum Gasteiger partial charge on any atom is -0.495 e. The van der Waals surface area contributed by atoms with Crippen LogP contribution in [0.1, 0.15) is 19.8 Å². The highest BCUT2D eigenvalue weighted by atomic mass is 79.9. The monoisotopic (exact) mass is 336 g/mol. The maximum absolute atomic E-state index is 11.7. The van der Waals surface area contributed by atoms with E-state index in [-0.39, 0.29) is 18.3 Å². The molecule has 0 saturated heterocycles. The number of nitrogens with two attached hydrogens (primary N) is 1. The lowest BCUT2D eigenvalue weighted by molar-refractivity contribution is -0.117. The van der Waals surface area contributed by atoms with Gasteiger partial charge in [0.05, 0.1) is 17.6 Å². The molecule has 1 rings (SSSR count). The van der Waals surface area contributed by atoms with Crippen molar-refractivity contribution >= 4 is 39.9 Å². The first-order valence-electron chi connectivity index (χ1n) is 5.48. The number of hydrogen-bond acceptors (Lipinski definition) is 3. The Labute approximate surface area is 122 Å². The second-order valence-corrected chi connectivity index (χ2v) is 4.59. The number of anilines is 1. The van der Waals surface area contributed by atoms with E-state index in [0.717, 1.165) is 10.9 Å². The zero-order chi connectivity index (χ0) is 12.8. The molecule has 0 aliphatic rings. The summed E-state index contributed by atoms with van der Waals surface area (Å²) in [6.45, 7) is 2.00. The van der Waals surface area contributed by atoms with Crippen molar-refractivity contribution in [3.05, 3.63) is 22.7 Å². The van der Waals surface area contributed by atoms with Crippen LogP contribution in [0.25, 0.3) is 0 Å². The molecule has 6 heteroatoms. The molecule has 3 N–H and O–H groups in total. The third-order valence-electron chi connectivity index (χ3n) is 2.36. The number of carbonyl (C=O) groups excluding carboxylic acids is 1. The van der Waals surface area contributed by atoms with Crippen LogP contribution in [0.5, 0.6) is 5.75 Å². The Morgan fingerprint density at radius 1 is 1.56 bits per heavy atom. The second kappa shape index (κ2) is 8.34. The molecule has 0 saturated carbocycles. The van der Waals surface area contributed by atoms with E-state index in [1.54, 1.807) is 19.2 Å². The third-order valence-corrected chi connectivity index (χ3v) is 3.01. The Morgan fingerprint density at radius 2 is 2.22 bits per heavy atom. The van der Waals surface area contributed by atoms with E-state index in [0.29, 0.717) is 17.9 Å². The van der Waals surface area contributed by atoms with Crippen LogP contribution in [0.15, 0.2) is 22.7 Å². The Balaban J connectivity index is 0.00000289. The first-order chi connectivity index (χ1) is 8.08. The van der Waals surface area contributed by atoms with Gasteiger partial charge in [0.15, 0.2) is 0 Å². The highest BCUT2D eigenvalue weighted by molar-refractivity contribution is 9.10. The van der Waals surface area contributed by atoms with Crippen LogP contribution in [0.3, 0.4) is 0 Å². The zero-order valence-electron chi connectivity index (χ0n) is 10.4. The molecule has 0 fully saturated rings. The van der Waals surface area contributed by atoms with E-state index in [1.807, 2.05) is 13.0 Å². The van der Waals surface area contributed by atoms with E-state index >= 15 is 0 Å². The summed E-state index contributed by atoms with van der Waals surface area (Å²) in [6, 6.07) is 4.90. The van der Waals surface area contributed by atoms with Crippen molar-refractivity contribution in [3.63, 3.8) is 0 Å². The van der Waals surface area contributed by atoms with Gasteiger partial charge in [0.1, 0.15) is 5.75 Å². The van der Waals surface area contributed by atoms with E-state index in [4.69, 9.17) is 10.5 Å². The molecule has 0 radical (unpaired) electrons. The number of nitrogens with one attached hydrogen (secondary N) is 1. The molecule has 1 atom stereocenters. The quantitative estimate of drug-likeness (QED) is 0.868. The fourth-order valence-corrected chi connectivity index (χ4v) is 1.82. The summed E-state index contributed by atoms with van der Waals surface area (Å²) >= 11 is 3.35. The smallest absolute Gasteiger partial charge is 0.241 e. The zero-order valence-corrected chi connectivity index (χ0v) is 12.8. The Hall–Kier alpha value is -0.780. The third kappa shape index (κ3) is 4.84. The van der Waals surface area contributed by atoms with E-state index in [9.17, 15) is 4.79 Å². The summed E-state index contributed by atoms with van der Waals surface area (Å²) in [6.07, 6.45) is 1.57. The van der Waals surface area contributed by atoms with Crippen molar-refractivity contribution in [1.29, 1.82) is 0 Å². The van der Waals surface area contributed by atoms with Crippen LogP contribution >= 0.6 is 28.3 Å². The second-order valence-electron chi connectivity index (χ2n) is 3.73. The first kappa shape index (κ1) is 17.2. The Morgan fingerprint density at radius 3 is 2.78 bits per heavy atom. The molecule has 1 amide bonds. The molecule has 18 heavy (non-hydrogen) atoms. The number of benzene rings is 1. The number of amides is 1. The van der Waals surface area contributed by atoms with Crippen LogP contribution in [0, 0.1) is 0 Å². The van der Waals surface area contributed by atoms with Gasteiger partial charge in [-0.15, -0.1) is 12.4 Å². The molecule has 102 valence electrons. The summed E-state index contributed by atoms with van der Waals surface area (Å²) in [5, 5.41) is 2.76. The molecule has 0 aliphatic heterocycles. The summed E-state index contributed by atoms with van der Waals surface area (Å²) in [7, 11) is 1.58. The van der Waals surface area contributed by atoms with E-state index in [1.165, 1.54) is 0 Å². The average Bonchev–Trinajstić information content (AvgIpc) is 2.31. The lowest BCUT2D eigenvalue weighted by atomic mass is 10.1. The maximum atomic E-state index is 11.7. The Kier molecular flexibility index (Phi) is 7.98. The van der Waals surface area contributed by atoms with Gasteiger partial charge >= 0.3 is 0 Å². The molecule has 1 unspecified atom stereocenters. The highest BCUT2D eigenvalue weighted by Crippen LogP contribution is 2.27. The van der Waals surface area contributed by atoms with Crippen molar-refractivity contribution < 1.29 is 9.53 Å². The van der Waals surface area contributed by atoms with Crippen molar-refractivity contribution in [2.24, 2.45) is 5.73 Å². The summed E-state index contributed by atoms with van der Waals surface area (Å²) in [5.74, 6) is 0.503. The van der Waals surface area contributed by atoms with Gasteiger partial charge in [-0.1, -0.05) is 13.3 Å². The van der Waals surface area contributed by atoms with Crippen molar-refractivity contribution in [2.45, 2.75) is 25.8 Å². The van der Waals surface area contributed by atoms with Crippen LogP contribution in [0.4, 0.5) is 5.69 Å². The summed E-state index contributed by atoms with van der Waals surface area (Å²) in [5.41, 5.74) is 6.41. The largest absolute Gasteiger partial charge is 0.495 e. The summed E-state index contributed by atoms with van der Waals surface area (Å²) < 4.78 is 5.99. The van der Waals surface area contributed by atoms with Gasteiger partial charge in [-0.3, -0.25) is 4.79 Å². The normalized spacial score (nSPS) is 11.3. The minimum atomic E-state index is -0.463. The SMILES string of the molecule is CCCC(N)C(=O)Nc1ccc(Br)c(OC)c1.Cl. The molecular weight excluding hydrogens is 320 g/mol. The van der Waals surface area contributed by atoms with Crippen molar-refractivity contribution in [1.82, 2.24) is 0 Å². The molecule has 0 aromatic heterocycles. The predicted octanol–water partition coefficient (Wildman–Crippen LogP) is 2.95. The van der Waals surface area contributed by atoms with Gasteiger partial charge in [-0.25, -0.2) is 0 Å². The molecular formula is C12H18BrClN2O2.